The lowest BCUT2D eigenvalue weighted by Gasteiger charge is -2.28. The van der Waals surface area contributed by atoms with Gasteiger partial charge in [0.1, 0.15) is 6.54 Å². The van der Waals surface area contributed by atoms with E-state index in [0.29, 0.717) is 31.0 Å². The summed E-state index contributed by atoms with van der Waals surface area (Å²) in [6.07, 6.45) is 2.33. The summed E-state index contributed by atoms with van der Waals surface area (Å²) >= 11 is 5.95. The van der Waals surface area contributed by atoms with E-state index in [1.807, 2.05) is 12.1 Å². The molecule has 0 radical (unpaired) electrons. The molecule has 1 aliphatic rings. The molecule has 0 aliphatic carbocycles. The van der Waals surface area contributed by atoms with Gasteiger partial charge in [0.25, 0.3) is 0 Å². The highest BCUT2D eigenvalue weighted by Gasteiger charge is 2.27. The summed E-state index contributed by atoms with van der Waals surface area (Å²) in [5.74, 6) is -1.24. The number of aliphatic carboxylic acids is 1. The van der Waals surface area contributed by atoms with Gasteiger partial charge in [-0.3, -0.25) is 14.4 Å². The van der Waals surface area contributed by atoms with Crippen LogP contribution in [0.2, 0.25) is 5.02 Å². The van der Waals surface area contributed by atoms with E-state index in [2.05, 4.69) is 0 Å². The highest BCUT2D eigenvalue weighted by atomic mass is 35.5. The fourth-order valence-corrected chi connectivity index (χ4v) is 3.43. The second-order valence-electron chi connectivity index (χ2n) is 6.31. The maximum Gasteiger partial charge on any atom is 0.323 e. The smallest absolute Gasteiger partial charge is 0.323 e. The molecule has 136 valence electrons. The van der Waals surface area contributed by atoms with Gasteiger partial charge in [0, 0.05) is 31.1 Å². The molecule has 1 aromatic carbocycles. The minimum absolute atomic E-state index is 0.0236. The van der Waals surface area contributed by atoms with Gasteiger partial charge in [0.2, 0.25) is 11.8 Å². The number of benzene rings is 1. The Hall–Kier alpha value is -2.08. The molecule has 1 atom stereocenters. The number of nitrogens with zero attached hydrogens (tertiary/aromatic N) is 2. The van der Waals surface area contributed by atoms with Gasteiger partial charge in [-0.25, -0.2) is 0 Å². The lowest BCUT2D eigenvalue weighted by atomic mass is 10.1. The summed E-state index contributed by atoms with van der Waals surface area (Å²) in [7, 11) is 0. The summed E-state index contributed by atoms with van der Waals surface area (Å²) in [6, 6.07) is 7.10. The van der Waals surface area contributed by atoms with Crippen LogP contribution < -0.4 is 0 Å². The monoisotopic (exact) mass is 366 g/mol. The number of rotatable bonds is 5. The van der Waals surface area contributed by atoms with Crippen molar-refractivity contribution in [3.63, 3.8) is 0 Å². The molecule has 0 saturated carbocycles. The van der Waals surface area contributed by atoms with Gasteiger partial charge < -0.3 is 14.9 Å². The summed E-state index contributed by atoms with van der Waals surface area (Å²) in [5.41, 5.74) is 0.870. The van der Waals surface area contributed by atoms with E-state index in [0.717, 1.165) is 12.0 Å². The van der Waals surface area contributed by atoms with Gasteiger partial charge in [-0.15, -0.1) is 0 Å². The number of carboxylic acids is 1. The Morgan fingerprint density at radius 3 is 2.68 bits per heavy atom. The Labute approximate surface area is 152 Å². The third-order valence-electron chi connectivity index (χ3n) is 4.45. The van der Waals surface area contributed by atoms with Gasteiger partial charge in [0.15, 0.2) is 0 Å². The van der Waals surface area contributed by atoms with Gasteiger partial charge >= 0.3 is 5.97 Å². The van der Waals surface area contributed by atoms with E-state index in [1.54, 1.807) is 17.0 Å². The summed E-state index contributed by atoms with van der Waals surface area (Å²) in [5, 5.41) is 9.59. The molecular formula is C18H23ClN2O4. The zero-order valence-electron chi connectivity index (χ0n) is 14.3. The fourth-order valence-electron chi connectivity index (χ4n) is 3.22. The highest BCUT2D eigenvalue weighted by molar-refractivity contribution is 6.30. The first-order chi connectivity index (χ1) is 11.9. The molecule has 1 N–H and O–H groups in total. The van der Waals surface area contributed by atoms with Crippen molar-refractivity contribution in [2.45, 2.75) is 38.6 Å². The van der Waals surface area contributed by atoms with E-state index in [9.17, 15) is 14.4 Å². The molecular weight excluding hydrogens is 344 g/mol. The second kappa shape index (κ2) is 8.85. The van der Waals surface area contributed by atoms with E-state index in [4.69, 9.17) is 16.7 Å². The van der Waals surface area contributed by atoms with Gasteiger partial charge in [-0.1, -0.05) is 23.7 Å². The fraction of sp³-hybridized carbons (Fsp3) is 0.500. The molecule has 25 heavy (non-hydrogen) atoms. The molecule has 1 heterocycles. The SMILES string of the molecule is CC(=O)N(CC(=O)O)C1CCCN(C(=O)Cc2cccc(Cl)c2)CC1. The van der Waals surface area contributed by atoms with Crippen LogP contribution in [0.4, 0.5) is 0 Å². The third kappa shape index (κ3) is 5.74. The van der Waals surface area contributed by atoms with Crippen molar-refractivity contribution >= 4 is 29.4 Å². The van der Waals surface area contributed by atoms with Crippen molar-refractivity contribution in [2.24, 2.45) is 0 Å². The maximum atomic E-state index is 12.5. The summed E-state index contributed by atoms with van der Waals surface area (Å²) < 4.78 is 0. The second-order valence-corrected chi connectivity index (χ2v) is 6.75. The molecule has 0 spiro atoms. The third-order valence-corrected chi connectivity index (χ3v) is 4.68. The molecule has 7 heteroatoms. The first-order valence-electron chi connectivity index (χ1n) is 8.38. The Morgan fingerprint density at radius 2 is 2.04 bits per heavy atom. The molecule has 6 nitrogen and oxygen atoms in total. The molecule has 1 aromatic rings. The summed E-state index contributed by atoms with van der Waals surface area (Å²) in [4.78, 5) is 38.4. The Morgan fingerprint density at radius 1 is 1.28 bits per heavy atom. The number of hydrogen-bond donors (Lipinski definition) is 1. The standard InChI is InChI=1S/C18H23ClN2O4/c1-13(22)21(12-18(24)25)16-6-3-8-20(9-7-16)17(23)11-14-4-2-5-15(19)10-14/h2,4-5,10,16H,3,6-9,11-12H2,1H3,(H,24,25). The minimum Gasteiger partial charge on any atom is -0.480 e. The van der Waals surface area contributed by atoms with Crippen molar-refractivity contribution in [1.82, 2.24) is 9.80 Å². The molecule has 1 saturated heterocycles. The average Bonchev–Trinajstić information content (AvgIpc) is 2.78. The van der Waals surface area contributed by atoms with Crippen LogP contribution in [0.15, 0.2) is 24.3 Å². The van der Waals surface area contributed by atoms with Gasteiger partial charge in [-0.2, -0.15) is 0 Å². The van der Waals surface area contributed by atoms with E-state index >= 15 is 0 Å². The van der Waals surface area contributed by atoms with Gasteiger partial charge in [-0.05, 0) is 37.0 Å². The number of halogens is 1. The molecule has 2 rings (SSSR count). The van der Waals surface area contributed by atoms with Crippen molar-refractivity contribution in [2.75, 3.05) is 19.6 Å². The minimum atomic E-state index is -1.02. The zero-order valence-corrected chi connectivity index (χ0v) is 15.0. The van der Waals surface area contributed by atoms with Crippen molar-refractivity contribution in [3.8, 4) is 0 Å². The van der Waals surface area contributed by atoms with Crippen LogP contribution in [0.3, 0.4) is 0 Å². The van der Waals surface area contributed by atoms with Crippen LogP contribution in [0.1, 0.15) is 31.7 Å². The lowest BCUT2D eigenvalue weighted by Crippen LogP contribution is -2.43. The van der Waals surface area contributed by atoms with Crippen LogP contribution in [0.25, 0.3) is 0 Å². The average molecular weight is 367 g/mol. The van der Waals surface area contributed by atoms with Crippen LogP contribution in [-0.2, 0) is 20.8 Å². The first kappa shape index (κ1) is 19.2. The Bertz CT molecular complexity index is 650. The number of carbonyl (C=O) groups is 3. The predicted molar refractivity (Wildman–Crippen MR) is 94.4 cm³/mol. The topological polar surface area (TPSA) is 77.9 Å². The molecule has 0 aromatic heterocycles. The molecule has 0 bridgehead atoms. The predicted octanol–water partition coefficient (Wildman–Crippen LogP) is 2.20. The van der Waals surface area contributed by atoms with E-state index in [-0.39, 0.29) is 30.8 Å². The van der Waals surface area contributed by atoms with Crippen LogP contribution in [-0.4, -0.2) is 58.4 Å². The molecule has 1 aliphatic heterocycles. The Balaban J connectivity index is 1.96. The van der Waals surface area contributed by atoms with Crippen LogP contribution in [0.5, 0.6) is 0 Å². The van der Waals surface area contributed by atoms with Crippen molar-refractivity contribution < 1.29 is 19.5 Å². The molecule has 1 unspecified atom stereocenters. The van der Waals surface area contributed by atoms with Gasteiger partial charge in [0.05, 0.1) is 6.42 Å². The largest absolute Gasteiger partial charge is 0.480 e. The van der Waals surface area contributed by atoms with E-state index in [1.165, 1.54) is 11.8 Å². The number of amides is 2. The highest BCUT2D eigenvalue weighted by Crippen LogP contribution is 2.19. The quantitative estimate of drug-likeness (QED) is 0.866. The number of carboxylic acid groups (broad SMARTS) is 1. The van der Waals surface area contributed by atoms with Crippen molar-refractivity contribution in [1.29, 1.82) is 0 Å². The number of hydrogen-bond acceptors (Lipinski definition) is 3. The van der Waals surface area contributed by atoms with Crippen LogP contribution >= 0.6 is 11.6 Å². The maximum absolute atomic E-state index is 12.5. The number of carbonyl (C=O) groups excluding carboxylic acids is 2. The van der Waals surface area contributed by atoms with Crippen LogP contribution in [0, 0.1) is 0 Å². The normalized spacial score (nSPS) is 17.7. The zero-order chi connectivity index (χ0) is 18.4. The summed E-state index contributed by atoms with van der Waals surface area (Å²) in [6.45, 7) is 2.23. The molecule has 1 fully saturated rings. The first-order valence-corrected chi connectivity index (χ1v) is 8.76. The lowest BCUT2D eigenvalue weighted by molar-refractivity contribution is -0.145. The number of likely N-dealkylation sites (tertiary alicyclic amines) is 1. The Kier molecular flexibility index (Phi) is 6.82. The van der Waals surface area contributed by atoms with E-state index < -0.39 is 5.97 Å². The van der Waals surface area contributed by atoms with Crippen molar-refractivity contribution in [3.05, 3.63) is 34.9 Å². The molecule has 2 amide bonds.